The number of hydrogen-bond donors (Lipinski definition) is 0. The highest BCUT2D eigenvalue weighted by Crippen LogP contribution is 2.23. The molecule has 0 bridgehead atoms. The Hall–Kier alpha value is -3.51. The Bertz CT molecular complexity index is 1180. The van der Waals surface area contributed by atoms with Crippen LogP contribution in [0.15, 0.2) is 77.3 Å². The second-order valence-electron chi connectivity index (χ2n) is 7.90. The number of rotatable bonds is 5. The zero-order valence-electron chi connectivity index (χ0n) is 17.3. The monoisotopic (exact) mass is 412 g/mol. The van der Waals surface area contributed by atoms with Crippen LogP contribution in [0.3, 0.4) is 0 Å². The van der Waals surface area contributed by atoms with Crippen molar-refractivity contribution in [2.75, 3.05) is 26.2 Å². The molecule has 1 aliphatic rings. The lowest BCUT2D eigenvalue weighted by Gasteiger charge is -2.34. The Morgan fingerprint density at radius 2 is 1.61 bits per heavy atom. The number of benzene rings is 3. The summed E-state index contributed by atoms with van der Waals surface area (Å²) < 4.78 is 5.51. The molecule has 1 amide bonds. The first-order chi connectivity index (χ1) is 15.2. The Kier molecular flexibility index (Phi) is 5.46. The molecule has 5 rings (SSSR count). The minimum Gasteiger partial charge on any atom is -0.340 e. The molecule has 1 saturated heterocycles. The van der Waals surface area contributed by atoms with Gasteiger partial charge in [0.1, 0.15) is 0 Å². The molecule has 4 aromatic rings. The van der Waals surface area contributed by atoms with Gasteiger partial charge in [0, 0.05) is 31.7 Å². The van der Waals surface area contributed by atoms with Crippen molar-refractivity contribution >= 4 is 16.7 Å². The highest BCUT2D eigenvalue weighted by atomic mass is 16.5. The molecule has 31 heavy (non-hydrogen) atoms. The van der Waals surface area contributed by atoms with Crippen LogP contribution >= 0.6 is 0 Å². The molecule has 6 nitrogen and oxygen atoms in total. The van der Waals surface area contributed by atoms with Gasteiger partial charge in [0.05, 0.1) is 13.0 Å². The van der Waals surface area contributed by atoms with Crippen LogP contribution in [-0.2, 0) is 17.8 Å². The average molecular weight is 412 g/mol. The van der Waals surface area contributed by atoms with Gasteiger partial charge in [-0.15, -0.1) is 0 Å². The van der Waals surface area contributed by atoms with E-state index in [2.05, 4.69) is 39.3 Å². The molecule has 156 valence electrons. The van der Waals surface area contributed by atoms with E-state index < -0.39 is 0 Å². The topological polar surface area (TPSA) is 62.5 Å². The summed E-state index contributed by atoms with van der Waals surface area (Å²) in [7, 11) is 0. The zero-order valence-corrected chi connectivity index (χ0v) is 17.3. The number of nitrogens with zero attached hydrogens (tertiary/aromatic N) is 4. The first-order valence-electron chi connectivity index (χ1n) is 10.6. The quantitative estimate of drug-likeness (QED) is 0.499. The van der Waals surface area contributed by atoms with Crippen LogP contribution in [0.25, 0.3) is 22.2 Å². The maximum Gasteiger partial charge on any atom is 0.257 e. The highest BCUT2D eigenvalue weighted by molar-refractivity contribution is 5.86. The van der Waals surface area contributed by atoms with Gasteiger partial charge >= 0.3 is 0 Å². The van der Waals surface area contributed by atoms with E-state index in [4.69, 9.17) is 4.52 Å². The van der Waals surface area contributed by atoms with Crippen LogP contribution in [0.1, 0.15) is 11.4 Å². The molecule has 0 unspecified atom stereocenters. The number of fused-ring (bicyclic) bond motifs is 1. The van der Waals surface area contributed by atoms with E-state index in [0.29, 0.717) is 24.7 Å². The molecular weight excluding hydrogens is 388 g/mol. The molecule has 0 saturated carbocycles. The summed E-state index contributed by atoms with van der Waals surface area (Å²) >= 11 is 0. The maximum absolute atomic E-state index is 12.6. The van der Waals surface area contributed by atoms with Gasteiger partial charge in [0.25, 0.3) is 5.89 Å². The molecule has 0 atom stereocenters. The summed E-state index contributed by atoms with van der Waals surface area (Å²) in [6.07, 6.45) is 0.459. The Morgan fingerprint density at radius 1 is 0.871 bits per heavy atom. The summed E-state index contributed by atoms with van der Waals surface area (Å²) in [6.45, 7) is 3.68. The molecule has 6 heteroatoms. The lowest BCUT2D eigenvalue weighted by Crippen LogP contribution is -2.48. The van der Waals surface area contributed by atoms with Crippen molar-refractivity contribution in [3.8, 4) is 11.5 Å². The first kappa shape index (κ1) is 19.5. The van der Waals surface area contributed by atoms with E-state index in [1.807, 2.05) is 53.4 Å². The van der Waals surface area contributed by atoms with Gasteiger partial charge in [-0.05, 0) is 28.5 Å². The fourth-order valence-electron chi connectivity index (χ4n) is 4.00. The third-order valence-electron chi connectivity index (χ3n) is 5.75. The number of amides is 1. The molecule has 3 aromatic carbocycles. The lowest BCUT2D eigenvalue weighted by atomic mass is 10.1. The normalized spacial score (nSPS) is 14.8. The Balaban J connectivity index is 1.17. The summed E-state index contributed by atoms with van der Waals surface area (Å²) in [5.41, 5.74) is 1.98. The molecule has 0 aliphatic carbocycles. The number of piperazine rings is 1. The number of carbonyl (C=O) groups is 1. The van der Waals surface area contributed by atoms with Gasteiger partial charge in [-0.2, -0.15) is 4.98 Å². The Labute approximate surface area is 181 Å². The zero-order chi connectivity index (χ0) is 21.0. The predicted octanol–water partition coefficient (Wildman–Crippen LogP) is 3.78. The van der Waals surface area contributed by atoms with Crippen molar-refractivity contribution in [2.45, 2.75) is 13.0 Å². The van der Waals surface area contributed by atoms with Gasteiger partial charge in [-0.1, -0.05) is 65.8 Å². The third-order valence-corrected chi connectivity index (χ3v) is 5.75. The second-order valence-corrected chi connectivity index (χ2v) is 7.90. The van der Waals surface area contributed by atoms with Crippen molar-refractivity contribution in [1.29, 1.82) is 0 Å². The van der Waals surface area contributed by atoms with Crippen LogP contribution in [-0.4, -0.2) is 52.0 Å². The van der Waals surface area contributed by atoms with Crippen molar-refractivity contribution in [2.24, 2.45) is 0 Å². The second kappa shape index (κ2) is 8.70. The first-order valence-corrected chi connectivity index (χ1v) is 10.6. The van der Waals surface area contributed by atoms with Gasteiger partial charge in [-0.25, -0.2) is 0 Å². The van der Waals surface area contributed by atoms with Gasteiger partial charge < -0.3 is 9.42 Å². The predicted molar refractivity (Wildman–Crippen MR) is 119 cm³/mol. The molecule has 1 fully saturated rings. The van der Waals surface area contributed by atoms with Crippen molar-refractivity contribution < 1.29 is 9.32 Å². The summed E-state index contributed by atoms with van der Waals surface area (Å²) in [5.74, 6) is 1.40. The highest BCUT2D eigenvalue weighted by Gasteiger charge is 2.22. The van der Waals surface area contributed by atoms with Gasteiger partial charge in [0.2, 0.25) is 5.91 Å². The van der Waals surface area contributed by atoms with Crippen LogP contribution in [0.5, 0.6) is 0 Å². The number of aromatic nitrogens is 2. The van der Waals surface area contributed by atoms with Crippen molar-refractivity contribution in [1.82, 2.24) is 19.9 Å². The summed E-state index contributed by atoms with van der Waals surface area (Å²) in [6, 6.07) is 24.3. The minimum absolute atomic E-state index is 0.184. The maximum atomic E-state index is 12.6. The van der Waals surface area contributed by atoms with Crippen LogP contribution < -0.4 is 0 Å². The van der Waals surface area contributed by atoms with E-state index in [1.165, 1.54) is 5.39 Å². The molecule has 0 radical (unpaired) electrons. The lowest BCUT2D eigenvalue weighted by molar-refractivity contribution is -0.132. The summed E-state index contributed by atoms with van der Waals surface area (Å²) in [4.78, 5) is 21.4. The Morgan fingerprint density at radius 3 is 2.42 bits per heavy atom. The summed E-state index contributed by atoms with van der Waals surface area (Å²) in [5, 5.41) is 6.50. The SMILES string of the molecule is O=C(Cc1ccccc1)N1CCN(Cc2noc(-c3ccc4ccccc4c3)n2)CC1. The van der Waals surface area contributed by atoms with Crippen LogP contribution in [0.4, 0.5) is 0 Å². The number of hydrogen-bond acceptors (Lipinski definition) is 5. The molecule has 1 aliphatic heterocycles. The van der Waals surface area contributed by atoms with E-state index in [-0.39, 0.29) is 5.91 Å². The van der Waals surface area contributed by atoms with Crippen molar-refractivity contribution in [3.63, 3.8) is 0 Å². The molecule has 1 aromatic heterocycles. The van der Waals surface area contributed by atoms with Crippen molar-refractivity contribution in [3.05, 3.63) is 84.2 Å². The van der Waals surface area contributed by atoms with E-state index in [9.17, 15) is 4.79 Å². The molecule has 0 N–H and O–H groups in total. The number of carbonyl (C=O) groups excluding carboxylic acids is 1. The van der Waals surface area contributed by atoms with Crippen LogP contribution in [0.2, 0.25) is 0 Å². The van der Waals surface area contributed by atoms with Crippen LogP contribution in [0, 0.1) is 0 Å². The smallest absolute Gasteiger partial charge is 0.257 e. The average Bonchev–Trinajstić information content (AvgIpc) is 3.28. The molecule has 0 spiro atoms. The molecule has 2 heterocycles. The largest absolute Gasteiger partial charge is 0.340 e. The fourth-order valence-corrected chi connectivity index (χ4v) is 4.00. The fraction of sp³-hybridized carbons (Fsp3) is 0.240. The van der Waals surface area contributed by atoms with E-state index in [0.717, 1.165) is 42.7 Å². The minimum atomic E-state index is 0.184. The molecular formula is C25H24N4O2. The van der Waals surface area contributed by atoms with E-state index >= 15 is 0 Å². The van der Waals surface area contributed by atoms with Gasteiger partial charge in [0.15, 0.2) is 5.82 Å². The van der Waals surface area contributed by atoms with E-state index in [1.54, 1.807) is 0 Å². The third kappa shape index (κ3) is 4.49. The van der Waals surface area contributed by atoms with Gasteiger partial charge in [-0.3, -0.25) is 9.69 Å². The standard InChI is InChI=1S/C25H24N4O2/c30-24(16-19-6-2-1-3-7-19)29-14-12-28(13-15-29)18-23-26-25(31-27-23)22-11-10-20-8-4-5-9-21(20)17-22/h1-11,17H,12-16,18H2.